The summed E-state index contributed by atoms with van der Waals surface area (Å²) >= 11 is 0. The molecule has 2 aromatic carbocycles. The largest absolute Gasteiger partial charge is 0.379 e. The van der Waals surface area contributed by atoms with E-state index in [1.54, 1.807) is 84.3 Å². The van der Waals surface area contributed by atoms with Crippen molar-refractivity contribution in [2.24, 2.45) is 14.1 Å². The second-order valence-electron chi connectivity index (χ2n) is 11.5. The molecular weight excluding hydrogens is 612 g/mol. The molecule has 0 aliphatic carbocycles. The van der Waals surface area contributed by atoms with Gasteiger partial charge in [-0.2, -0.15) is 0 Å². The number of morpholine rings is 1. The van der Waals surface area contributed by atoms with Crippen LogP contribution < -0.4 is 21.3 Å². The first-order valence-corrected chi connectivity index (χ1v) is 15.5. The number of carbonyl (C=O) groups is 4. The highest BCUT2D eigenvalue weighted by molar-refractivity contribution is 6.08. The van der Waals surface area contributed by atoms with E-state index in [4.69, 9.17) is 4.74 Å². The van der Waals surface area contributed by atoms with E-state index < -0.39 is 0 Å². The molecule has 6 rings (SSSR count). The quantitative estimate of drug-likeness (QED) is 0.180. The Kier molecular flexibility index (Phi) is 9.60. The molecule has 1 aliphatic heterocycles. The fraction of sp³-hybridized carbons (Fsp3) is 0.229. The standard InChI is InChI=1S/C35H36N8O5/c1-41-21-27(18-30(41)34(46)36-11-12-43-13-15-48-16-14-43)39-32(44)23-7-9-26(10-8-23)38-35(47)31-19-28(22-42(31)2)40-33(45)29-17-24-5-3-4-6-25(24)20-37-29/h3-10,17-22H,11-16H2,1-2H3,(H,36,46)(H,38,47)(H,39,44)(H,40,45). The molecule has 1 aliphatic rings. The fourth-order valence-corrected chi connectivity index (χ4v) is 5.47. The minimum atomic E-state index is -0.390. The Bertz CT molecular complexity index is 1970. The molecule has 1 saturated heterocycles. The van der Waals surface area contributed by atoms with E-state index in [1.165, 1.54) is 0 Å². The van der Waals surface area contributed by atoms with Crippen LogP contribution in [0.25, 0.3) is 10.8 Å². The summed E-state index contributed by atoms with van der Waals surface area (Å²) < 4.78 is 8.63. The van der Waals surface area contributed by atoms with Crippen molar-refractivity contribution in [3.05, 3.63) is 108 Å². The van der Waals surface area contributed by atoms with Crippen molar-refractivity contribution in [3.63, 3.8) is 0 Å². The topological polar surface area (TPSA) is 152 Å². The molecule has 4 N–H and O–H groups in total. The van der Waals surface area contributed by atoms with Gasteiger partial charge in [-0.15, -0.1) is 0 Å². The third-order valence-electron chi connectivity index (χ3n) is 8.08. The first-order chi connectivity index (χ1) is 23.2. The number of aryl methyl sites for hydroxylation is 2. The predicted molar refractivity (Wildman–Crippen MR) is 182 cm³/mol. The predicted octanol–water partition coefficient (Wildman–Crippen LogP) is 3.73. The summed E-state index contributed by atoms with van der Waals surface area (Å²) in [7, 11) is 3.45. The number of nitrogens with one attached hydrogen (secondary N) is 4. The lowest BCUT2D eigenvalue weighted by molar-refractivity contribution is 0.0383. The van der Waals surface area contributed by atoms with Crippen molar-refractivity contribution in [1.29, 1.82) is 0 Å². The zero-order chi connectivity index (χ0) is 33.6. The molecule has 0 spiro atoms. The summed E-state index contributed by atoms with van der Waals surface area (Å²) in [6, 6.07) is 19.0. The number of fused-ring (bicyclic) bond motifs is 1. The number of nitrogens with zero attached hydrogens (tertiary/aromatic N) is 4. The third-order valence-corrected chi connectivity index (χ3v) is 8.08. The van der Waals surface area contributed by atoms with Crippen LogP contribution in [-0.2, 0) is 18.8 Å². The number of hydrogen-bond acceptors (Lipinski definition) is 7. The lowest BCUT2D eigenvalue weighted by Gasteiger charge is -2.26. The van der Waals surface area contributed by atoms with Gasteiger partial charge in [0.1, 0.15) is 17.1 Å². The van der Waals surface area contributed by atoms with Gasteiger partial charge in [0.15, 0.2) is 0 Å². The van der Waals surface area contributed by atoms with Gasteiger partial charge in [0.05, 0.1) is 24.6 Å². The highest BCUT2D eigenvalue weighted by Crippen LogP contribution is 2.19. The first-order valence-electron chi connectivity index (χ1n) is 15.5. The maximum atomic E-state index is 13.1. The Hall–Kier alpha value is -5.79. The normalized spacial score (nSPS) is 13.2. The number of hydrogen-bond donors (Lipinski definition) is 4. The number of carbonyl (C=O) groups excluding carboxylic acids is 4. The van der Waals surface area contributed by atoms with Crippen LogP contribution in [0, 0.1) is 0 Å². The zero-order valence-electron chi connectivity index (χ0n) is 26.7. The molecule has 0 radical (unpaired) electrons. The molecule has 246 valence electrons. The molecule has 1 fully saturated rings. The zero-order valence-corrected chi connectivity index (χ0v) is 26.7. The SMILES string of the molecule is Cn1cc(NC(=O)c2ccc(NC(=O)c3cc(NC(=O)c4cc5ccccc5cn4)cn3C)cc2)cc1C(=O)NCCN1CCOCC1. The van der Waals surface area contributed by atoms with Gasteiger partial charge in [-0.25, -0.2) is 0 Å². The second kappa shape index (κ2) is 14.3. The van der Waals surface area contributed by atoms with Crippen molar-refractivity contribution in [3.8, 4) is 0 Å². The van der Waals surface area contributed by atoms with E-state index in [9.17, 15) is 19.2 Å². The summed E-state index contributed by atoms with van der Waals surface area (Å²) in [5.41, 5.74) is 2.81. The van der Waals surface area contributed by atoms with Crippen LogP contribution in [0.4, 0.5) is 17.1 Å². The van der Waals surface area contributed by atoms with E-state index >= 15 is 0 Å². The van der Waals surface area contributed by atoms with E-state index in [1.807, 2.05) is 24.3 Å². The van der Waals surface area contributed by atoms with Crippen LogP contribution in [0.2, 0.25) is 0 Å². The van der Waals surface area contributed by atoms with Gasteiger partial charge < -0.3 is 35.1 Å². The molecule has 3 aromatic heterocycles. The van der Waals surface area contributed by atoms with Crippen LogP contribution >= 0.6 is 0 Å². The summed E-state index contributed by atoms with van der Waals surface area (Å²) in [6.45, 7) is 4.37. The molecule has 4 amide bonds. The number of amides is 4. The van der Waals surface area contributed by atoms with Crippen LogP contribution in [0.5, 0.6) is 0 Å². The number of benzene rings is 2. The minimum Gasteiger partial charge on any atom is -0.379 e. The Labute approximate surface area is 276 Å². The molecule has 0 atom stereocenters. The molecule has 4 heterocycles. The average molecular weight is 649 g/mol. The summed E-state index contributed by atoms with van der Waals surface area (Å²) in [5.74, 6) is -1.36. The van der Waals surface area contributed by atoms with Crippen LogP contribution in [0.15, 0.2) is 85.3 Å². The second-order valence-corrected chi connectivity index (χ2v) is 11.5. The first kappa shape index (κ1) is 32.2. The lowest BCUT2D eigenvalue weighted by Crippen LogP contribution is -2.41. The summed E-state index contributed by atoms with van der Waals surface area (Å²) in [4.78, 5) is 58.1. The van der Waals surface area contributed by atoms with E-state index in [2.05, 4.69) is 31.2 Å². The van der Waals surface area contributed by atoms with Crippen molar-refractivity contribution in [2.45, 2.75) is 0 Å². The number of rotatable bonds is 10. The number of ether oxygens (including phenoxy) is 1. The Morgan fingerprint density at radius 3 is 2.00 bits per heavy atom. The van der Waals surface area contributed by atoms with Crippen molar-refractivity contribution in [1.82, 2.24) is 24.3 Å². The van der Waals surface area contributed by atoms with Gasteiger partial charge >= 0.3 is 0 Å². The molecule has 0 unspecified atom stereocenters. The van der Waals surface area contributed by atoms with Crippen LogP contribution in [0.1, 0.15) is 41.8 Å². The van der Waals surface area contributed by atoms with Gasteiger partial charge in [0.2, 0.25) is 0 Å². The van der Waals surface area contributed by atoms with Gasteiger partial charge in [0.25, 0.3) is 23.6 Å². The number of aromatic nitrogens is 3. The smallest absolute Gasteiger partial charge is 0.274 e. The molecule has 48 heavy (non-hydrogen) atoms. The minimum absolute atomic E-state index is 0.221. The molecule has 5 aromatic rings. The molecule has 0 saturated carbocycles. The Morgan fingerprint density at radius 1 is 0.708 bits per heavy atom. The van der Waals surface area contributed by atoms with E-state index in [0.29, 0.717) is 53.8 Å². The van der Waals surface area contributed by atoms with Crippen LogP contribution in [0.3, 0.4) is 0 Å². The molecule has 13 nitrogen and oxygen atoms in total. The monoisotopic (exact) mass is 648 g/mol. The Balaban J connectivity index is 1.01. The maximum Gasteiger partial charge on any atom is 0.274 e. The molecule has 0 bridgehead atoms. The number of anilines is 3. The lowest BCUT2D eigenvalue weighted by atomic mass is 10.1. The van der Waals surface area contributed by atoms with Gasteiger partial charge in [-0.05, 0) is 47.9 Å². The highest BCUT2D eigenvalue weighted by Gasteiger charge is 2.18. The fourth-order valence-electron chi connectivity index (χ4n) is 5.47. The van der Waals surface area contributed by atoms with Gasteiger partial charge in [-0.1, -0.05) is 24.3 Å². The molecular formula is C35H36N8O5. The van der Waals surface area contributed by atoms with E-state index in [0.717, 1.165) is 30.4 Å². The van der Waals surface area contributed by atoms with Crippen molar-refractivity contribution >= 4 is 51.5 Å². The van der Waals surface area contributed by atoms with Crippen molar-refractivity contribution < 1.29 is 23.9 Å². The summed E-state index contributed by atoms with van der Waals surface area (Å²) in [6.07, 6.45) is 4.97. The van der Waals surface area contributed by atoms with Gasteiger partial charge in [0, 0.05) is 75.5 Å². The molecule has 13 heteroatoms. The maximum absolute atomic E-state index is 13.1. The third kappa shape index (κ3) is 7.60. The number of pyridine rings is 1. The summed E-state index contributed by atoms with van der Waals surface area (Å²) in [5, 5.41) is 13.2. The van der Waals surface area contributed by atoms with Crippen molar-refractivity contribution in [2.75, 3.05) is 55.3 Å². The van der Waals surface area contributed by atoms with Crippen LogP contribution in [-0.4, -0.2) is 82.0 Å². The van der Waals surface area contributed by atoms with E-state index in [-0.39, 0.29) is 29.3 Å². The highest BCUT2D eigenvalue weighted by atomic mass is 16.5. The average Bonchev–Trinajstić information content (AvgIpc) is 3.65. The van der Waals surface area contributed by atoms with Gasteiger partial charge in [-0.3, -0.25) is 29.1 Å². The Morgan fingerprint density at radius 2 is 1.31 bits per heavy atom.